The summed E-state index contributed by atoms with van der Waals surface area (Å²) in [6.07, 6.45) is 5.11. The van der Waals surface area contributed by atoms with Crippen molar-refractivity contribution in [3.63, 3.8) is 0 Å². The maximum Gasteiger partial charge on any atom is 3.00 e. The van der Waals surface area contributed by atoms with E-state index in [-0.39, 0.29) is 71.8 Å². The molecular weight excluding hydrogens is 534 g/mol. The number of hydrogen-bond donors (Lipinski definition) is 0. The zero-order valence-corrected chi connectivity index (χ0v) is 27.5. The number of ether oxygens (including phenoxy) is 2. The van der Waals surface area contributed by atoms with Crippen LogP contribution in [0.2, 0.25) is 0 Å². The van der Waals surface area contributed by atoms with E-state index in [1.807, 2.05) is 0 Å². The van der Waals surface area contributed by atoms with Crippen molar-refractivity contribution < 1.29 is 102 Å². The summed E-state index contributed by atoms with van der Waals surface area (Å²) in [7, 11) is 0. The number of rotatable bonds is 0. The van der Waals surface area contributed by atoms with E-state index in [1.54, 1.807) is 83.1 Å². The van der Waals surface area contributed by atoms with Gasteiger partial charge in [-0.05, 0) is 25.7 Å². The van der Waals surface area contributed by atoms with Gasteiger partial charge in [0.05, 0.1) is 0 Å². The van der Waals surface area contributed by atoms with Crippen molar-refractivity contribution in [3.8, 4) is 0 Å². The second-order valence-electron chi connectivity index (χ2n) is 11.1. The Morgan fingerprint density at radius 3 is 0.529 bits per heavy atom. The van der Waals surface area contributed by atoms with Gasteiger partial charge in [0.15, 0.2) is 0 Å². The van der Waals surface area contributed by atoms with E-state index < -0.39 is 22.4 Å². The zero-order chi connectivity index (χ0) is 25.1. The summed E-state index contributed by atoms with van der Waals surface area (Å²) in [5.74, 6) is 0. The molecule has 0 aromatic heterocycles. The van der Waals surface area contributed by atoms with Crippen LogP contribution in [0.15, 0.2) is 0 Å². The monoisotopic (exact) mass is 585 g/mol. The molecule has 0 atom stereocenters. The first-order valence-corrected chi connectivity index (χ1v) is 11.0. The maximum atomic E-state index is 10.1. The van der Waals surface area contributed by atoms with Gasteiger partial charge in [0.1, 0.15) is 0 Å². The van der Waals surface area contributed by atoms with E-state index in [1.165, 1.54) is 25.7 Å². The molecule has 2 saturated heterocycles. The fourth-order valence-electron chi connectivity index (χ4n) is 1.02. The predicted octanol–water partition coefficient (Wildman–Crippen LogP) is -6.82. The van der Waals surface area contributed by atoms with E-state index >= 15 is 0 Å². The van der Waals surface area contributed by atoms with Crippen molar-refractivity contribution >= 4 is 0 Å². The standard InChI is InChI=1S/2C4H8O.4C4H9O.BrH.Fe.2Li/c2*1-2-4-5-3-1;4*1-4(2,3)5;;;;/h2*1-4H2;4*1-3H3;1H;;;/q;;4*-1;;+3;2*+1/p-1. The Balaban J connectivity index is -0.0000000389. The fraction of sp³-hybridized carbons (Fsp3) is 1.00. The van der Waals surface area contributed by atoms with Crippen molar-refractivity contribution in [1.29, 1.82) is 0 Å². The molecular formula is C24H52BrFeLi2O6. The molecule has 2 heterocycles. The second kappa shape index (κ2) is 31.2. The molecule has 0 aromatic carbocycles. The first kappa shape index (κ1) is 56.2. The molecule has 2 aliphatic rings. The molecule has 0 saturated carbocycles. The normalized spacial score (nSPS) is 14.1. The molecule has 0 amide bonds. The molecule has 6 nitrogen and oxygen atoms in total. The van der Waals surface area contributed by atoms with Gasteiger partial charge in [-0.3, -0.25) is 0 Å². The largest absolute Gasteiger partial charge is 3.00 e. The summed E-state index contributed by atoms with van der Waals surface area (Å²) < 4.78 is 9.89. The van der Waals surface area contributed by atoms with Crippen molar-refractivity contribution in [2.24, 2.45) is 0 Å². The minimum Gasteiger partial charge on any atom is -1.00 e. The van der Waals surface area contributed by atoms with Gasteiger partial charge in [-0.2, -0.15) is 0 Å². The molecule has 0 bridgehead atoms. The van der Waals surface area contributed by atoms with Crippen molar-refractivity contribution in [2.75, 3.05) is 26.4 Å². The Hall–Kier alpha value is 1.95. The van der Waals surface area contributed by atoms with Gasteiger partial charge >= 0.3 is 54.8 Å². The number of halogens is 1. The minimum atomic E-state index is -0.750. The van der Waals surface area contributed by atoms with Gasteiger partial charge in [0.25, 0.3) is 0 Å². The van der Waals surface area contributed by atoms with Crippen LogP contribution in [0.25, 0.3) is 0 Å². The molecule has 34 heavy (non-hydrogen) atoms. The molecule has 0 aromatic rings. The van der Waals surface area contributed by atoms with Crippen LogP contribution in [0.4, 0.5) is 0 Å². The molecule has 2 fully saturated rings. The molecule has 0 unspecified atom stereocenters. The Bertz CT molecular complexity index is 248. The van der Waals surface area contributed by atoms with E-state index in [9.17, 15) is 20.4 Å². The molecule has 0 aliphatic carbocycles. The second-order valence-corrected chi connectivity index (χ2v) is 11.1. The molecule has 0 N–H and O–H groups in total. The van der Waals surface area contributed by atoms with Crippen LogP contribution in [0.3, 0.4) is 0 Å². The molecule has 10 heteroatoms. The first-order valence-electron chi connectivity index (χ1n) is 11.0. The van der Waals surface area contributed by atoms with Crippen LogP contribution in [-0.4, -0.2) is 48.8 Å². The summed E-state index contributed by atoms with van der Waals surface area (Å²) in [6.45, 7) is 23.6. The third kappa shape index (κ3) is 258. The Morgan fingerprint density at radius 1 is 0.412 bits per heavy atom. The Kier molecular flexibility index (Phi) is 51.5. The number of hydrogen-bond acceptors (Lipinski definition) is 6. The summed E-state index contributed by atoms with van der Waals surface area (Å²) in [6, 6.07) is 0. The Labute approximate surface area is 257 Å². The fourth-order valence-corrected chi connectivity index (χ4v) is 1.02. The van der Waals surface area contributed by atoms with Crippen molar-refractivity contribution in [1.82, 2.24) is 0 Å². The minimum absolute atomic E-state index is 0. The third-order valence-electron chi connectivity index (χ3n) is 1.65. The first-order chi connectivity index (χ1) is 13.0. The van der Waals surface area contributed by atoms with E-state index in [0.717, 1.165) is 26.4 Å². The van der Waals surface area contributed by atoms with Gasteiger partial charge < -0.3 is 46.9 Å². The molecule has 201 valence electrons. The predicted molar refractivity (Wildman–Crippen MR) is 119 cm³/mol. The summed E-state index contributed by atoms with van der Waals surface area (Å²) in [4.78, 5) is 0. The van der Waals surface area contributed by atoms with Gasteiger partial charge in [0.2, 0.25) is 0 Å². The van der Waals surface area contributed by atoms with Crippen LogP contribution in [0.1, 0.15) is 109 Å². The molecule has 1 radical (unpaired) electrons. The summed E-state index contributed by atoms with van der Waals surface area (Å²) in [5.41, 5.74) is -3.00. The van der Waals surface area contributed by atoms with Gasteiger partial charge in [-0.1, -0.05) is 83.1 Å². The summed E-state index contributed by atoms with van der Waals surface area (Å²) in [5, 5.41) is 40.4. The van der Waals surface area contributed by atoms with E-state index in [2.05, 4.69) is 0 Å². The maximum absolute atomic E-state index is 10.1. The van der Waals surface area contributed by atoms with Crippen LogP contribution in [-0.2, 0) is 26.5 Å². The van der Waals surface area contributed by atoms with E-state index in [4.69, 9.17) is 9.47 Å². The van der Waals surface area contributed by atoms with Crippen molar-refractivity contribution in [2.45, 2.75) is 131 Å². The van der Waals surface area contributed by atoms with Gasteiger partial charge in [0, 0.05) is 26.4 Å². The SMILES string of the molecule is C1CCOC1.C1CCOC1.CC(C)(C)[O-].CC(C)(C)[O-].CC(C)(C)[O-].CC(C)(C)[O-].[Br-].[Fe+3].[Li+].[Li+]. The van der Waals surface area contributed by atoms with Crippen LogP contribution >= 0.6 is 0 Å². The van der Waals surface area contributed by atoms with Crippen LogP contribution < -0.4 is 75.1 Å². The van der Waals surface area contributed by atoms with Gasteiger partial charge in [-0.25, -0.2) is 0 Å². The Morgan fingerprint density at radius 2 is 0.500 bits per heavy atom. The van der Waals surface area contributed by atoms with Crippen LogP contribution in [0, 0.1) is 0 Å². The van der Waals surface area contributed by atoms with Crippen molar-refractivity contribution in [3.05, 3.63) is 0 Å². The topological polar surface area (TPSA) is 111 Å². The van der Waals surface area contributed by atoms with E-state index in [0.29, 0.717) is 0 Å². The average molecular weight is 586 g/mol. The summed E-state index contributed by atoms with van der Waals surface area (Å²) >= 11 is 0. The quantitative estimate of drug-likeness (QED) is 0.261. The average Bonchev–Trinajstić information content (AvgIpc) is 3.10. The van der Waals surface area contributed by atoms with Gasteiger partial charge in [-0.15, -0.1) is 22.4 Å². The van der Waals surface area contributed by atoms with Crippen LogP contribution in [0.5, 0.6) is 0 Å². The zero-order valence-electron chi connectivity index (χ0n) is 24.8. The smallest absolute Gasteiger partial charge is 1.00 e. The molecule has 2 rings (SSSR count). The molecule has 0 spiro atoms. The molecule has 2 aliphatic heterocycles. The third-order valence-corrected chi connectivity index (χ3v) is 1.65.